The van der Waals surface area contributed by atoms with Crippen LogP contribution in [0.3, 0.4) is 0 Å². The van der Waals surface area contributed by atoms with Gasteiger partial charge in [0.2, 0.25) is 0 Å². The van der Waals surface area contributed by atoms with Gasteiger partial charge in [-0.05, 0) is 31.1 Å². The third kappa shape index (κ3) is 4.33. The van der Waals surface area contributed by atoms with E-state index in [1.807, 2.05) is 0 Å². The van der Waals surface area contributed by atoms with Crippen LogP contribution in [0.5, 0.6) is 0 Å². The van der Waals surface area contributed by atoms with Crippen molar-refractivity contribution >= 4 is 15.9 Å². The summed E-state index contributed by atoms with van der Waals surface area (Å²) < 4.78 is 0. The minimum Gasteiger partial charge on any atom is -0.0891 e. The molecule has 0 aromatic carbocycles. The summed E-state index contributed by atoms with van der Waals surface area (Å²) >= 11 is 3.73. The van der Waals surface area contributed by atoms with Crippen molar-refractivity contribution in [2.45, 2.75) is 70.0 Å². The minimum atomic E-state index is 0.770. The predicted molar refractivity (Wildman–Crippen MR) is 68.0 cm³/mol. The van der Waals surface area contributed by atoms with Crippen molar-refractivity contribution in [3.8, 4) is 0 Å². The molecule has 14 heavy (non-hydrogen) atoms. The average Bonchev–Trinajstić information content (AvgIpc) is 2.26. The second-order valence-electron chi connectivity index (χ2n) is 4.88. The molecule has 0 aliphatic heterocycles. The van der Waals surface area contributed by atoms with E-state index in [0.717, 1.165) is 16.7 Å². The first kappa shape index (κ1) is 12.5. The van der Waals surface area contributed by atoms with Crippen molar-refractivity contribution < 1.29 is 0 Å². The third-order valence-corrected chi connectivity index (χ3v) is 4.98. The Kier molecular flexibility index (Phi) is 6.16. The van der Waals surface area contributed by atoms with Gasteiger partial charge in [-0.15, -0.1) is 0 Å². The van der Waals surface area contributed by atoms with Crippen LogP contribution in [-0.4, -0.2) is 4.83 Å². The van der Waals surface area contributed by atoms with Crippen LogP contribution in [0.25, 0.3) is 0 Å². The summed E-state index contributed by atoms with van der Waals surface area (Å²) in [5, 5.41) is 0. The van der Waals surface area contributed by atoms with Gasteiger partial charge in [0.15, 0.2) is 0 Å². The zero-order valence-electron chi connectivity index (χ0n) is 9.77. The Labute approximate surface area is 98.0 Å². The molecule has 0 amide bonds. The molecule has 0 heterocycles. The van der Waals surface area contributed by atoms with Crippen LogP contribution < -0.4 is 0 Å². The second-order valence-corrected chi connectivity index (χ2v) is 6.17. The van der Waals surface area contributed by atoms with Gasteiger partial charge in [-0.25, -0.2) is 0 Å². The van der Waals surface area contributed by atoms with Crippen LogP contribution >= 0.6 is 15.9 Å². The van der Waals surface area contributed by atoms with Crippen molar-refractivity contribution in [3.05, 3.63) is 0 Å². The smallest absolute Gasteiger partial charge is 0.0143 e. The largest absolute Gasteiger partial charge is 0.0891 e. The standard InChI is InChI=1S/C13H25Br/c1-3-11-5-7-12(8-6-11)9-10-13(14)4-2/h11-13H,3-10H2,1-2H3. The van der Waals surface area contributed by atoms with Gasteiger partial charge >= 0.3 is 0 Å². The second kappa shape index (κ2) is 6.87. The summed E-state index contributed by atoms with van der Waals surface area (Å²) in [6.07, 6.45) is 11.5. The molecule has 0 saturated heterocycles. The summed E-state index contributed by atoms with van der Waals surface area (Å²) in [6, 6.07) is 0. The van der Waals surface area contributed by atoms with Crippen LogP contribution in [0, 0.1) is 11.8 Å². The van der Waals surface area contributed by atoms with E-state index in [-0.39, 0.29) is 0 Å². The Balaban J connectivity index is 2.10. The van der Waals surface area contributed by atoms with Gasteiger partial charge in [-0.1, -0.05) is 61.9 Å². The Morgan fingerprint density at radius 3 is 2.14 bits per heavy atom. The lowest BCUT2D eigenvalue weighted by Gasteiger charge is -2.28. The van der Waals surface area contributed by atoms with E-state index < -0.39 is 0 Å². The Hall–Kier alpha value is 0.480. The number of rotatable bonds is 5. The highest BCUT2D eigenvalue weighted by atomic mass is 79.9. The van der Waals surface area contributed by atoms with E-state index in [0.29, 0.717) is 0 Å². The maximum Gasteiger partial charge on any atom is 0.0143 e. The van der Waals surface area contributed by atoms with Gasteiger partial charge in [-0.3, -0.25) is 0 Å². The first-order valence-electron chi connectivity index (χ1n) is 6.40. The molecule has 0 spiro atoms. The lowest BCUT2D eigenvalue weighted by molar-refractivity contribution is 0.255. The number of halogens is 1. The van der Waals surface area contributed by atoms with E-state index in [1.165, 1.54) is 51.4 Å². The van der Waals surface area contributed by atoms with Gasteiger partial charge < -0.3 is 0 Å². The molecule has 1 unspecified atom stereocenters. The fraction of sp³-hybridized carbons (Fsp3) is 1.00. The van der Waals surface area contributed by atoms with Crippen LogP contribution in [-0.2, 0) is 0 Å². The summed E-state index contributed by atoms with van der Waals surface area (Å²) in [7, 11) is 0. The SMILES string of the molecule is CCC(Br)CCC1CCC(CC)CC1. The maximum absolute atomic E-state index is 3.73. The van der Waals surface area contributed by atoms with E-state index >= 15 is 0 Å². The molecule has 1 fully saturated rings. The minimum absolute atomic E-state index is 0.770. The van der Waals surface area contributed by atoms with E-state index in [4.69, 9.17) is 0 Å². The zero-order valence-corrected chi connectivity index (χ0v) is 11.4. The van der Waals surface area contributed by atoms with Gasteiger partial charge in [0.25, 0.3) is 0 Å². The molecular formula is C13H25Br. The first-order chi connectivity index (χ1) is 6.76. The van der Waals surface area contributed by atoms with Crippen molar-refractivity contribution in [2.75, 3.05) is 0 Å². The molecule has 0 aromatic rings. The predicted octanol–water partition coefficient (Wildman–Crippen LogP) is 5.16. The van der Waals surface area contributed by atoms with E-state index in [2.05, 4.69) is 29.8 Å². The van der Waals surface area contributed by atoms with Crippen molar-refractivity contribution in [1.82, 2.24) is 0 Å². The molecule has 1 atom stereocenters. The molecule has 0 nitrogen and oxygen atoms in total. The molecule has 1 saturated carbocycles. The first-order valence-corrected chi connectivity index (χ1v) is 7.31. The quantitative estimate of drug-likeness (QED) is 0.600. The van der Waals surface area contributed by atoms with Gasteiger partial charge in [0, 0.05) is 4.83 Å². The van der Waals surface area contributed by atoms with Gasteiger partial charge in [0.1, 0.15) is 0 Å². The highest BCUT2D eigenvalue weighted by Gasteiger charge is 2.20. The van der Waals surface area contributed by atoms with Crippen molar-refractivity contribution in [1.29, 1.82) is 0 Å². The Morgan fingerprint density at radius 2 is 1.64 bits per heavy atom. The zero-order chi connectivity index (χ0) is 10.4. The van der Waals surface area contributed by atoms with Gasteiger partial charge in [-0.2, -0.15) is 0 Å². The van der Waals surface area contributed by atoms with Crippen LogP contribution in [0.1, 0.15) is 65.2 Å². The summed E-state index contributed by atoms with van der Waals surface area (Å²) in [6.45, 7) is 4.62. The monoisotopic (exact) mass is 260 g/mol. The molecule has 84 valence electrons. The topological polar surface area (TPSA) is 0 Å². The summed E-state index contributed by atoms with van der Waals surface area (Å²) in [5.74, 6) is 2.10. The van der Waals surface area contributed by atoms with E-state index in [9.17, 15) is 0 Å². The fourth-order valence-electron chi connectivity index (χ4n) is 2.55. The van der Waals surface area contributed by atoms with Crippen molar-refractivity contribution in [3.63, 3.8) is 0 Å². The van der Waals surface area contributed by atoms with Crippen LogP contribution in [0.2, 0.25) is 0 Å². The summed E-state index contributed by atoms with van der Waals surface area (Å²) in [5.41, 5.74) is 0. The molecule has 0 radical (unpaired) electrons. The molecule has 1 aliphatic carbocycles. The number of hydrogen-bond acceptors (Lipinski definition) is 0. The third-order valence-electron chi connectivity index (χ3n) is 3.87. The van der Waals surface area contributed by atoms with Crippen LogP contribution in [0.15, 0.2) is 0 Å². The average molecular weight is 261 g/mol. The molecule has 0 bridgehead atoms. The fourth-order valence-corrected chi connectivity index (χ4v) is 2.81. The lowest BCUT2D eigenvalue weighted by Crippen LogP contribution is -2.14. The molecule has 1 rings (SSSR count). The maximum atomic E-state index is 3.73. The normalized spacial score (nSPS) is 30.2. The number of alkyl halides is 1. The van der Waals surface area contributed by atoms with Crippen LogP contribution in [0.4, 0.5) is 0 Å². The Morgan fingerprint density at radius 1 is 1.07 bits per heavy atom. The highest BCUT2D eigenvalue weighted by molar-refractivity contribution is 9.09. The Bertz CT molecular complexity index is 136. The highest BCUT2D eigenvalue weighted by Crippen LogP contribution is 2.33. The lowest BCUT2D eigenvalue weighted by atomic mass is 9.79. The number of hydrogen-bond donors (Lipinski definition) is 0. The molecule has 0 N–H and O–H groups in total. The van der Waals surface area contributed by atoms with Crippen molar-refractivity contribution in [2.24, 2.45) is 11.8 Å². The molecular weight excluding hydrogens is 236 g/mol. The molecule has 1 heteroatoms. The van der Waals surface area contributed by atoms with E-state index in [1.54, 1.807) is 0 Å². The molecule has 1 aliphatic rings. The van der Waals surface area contributed by atoms with Gasteiger partial charge in [0.05, 0.1) is 0 Å². The summed E-state index contributed by atoms with van der Waals surface area (Å²) in [4.78, 5) is 0.770. The molecule has 0 aromatic heterocycles.